The first kappa shape index (κ1) is 16.2. The molecule has 0 N–H and O–H groups in total. The summed E-state index contributed by atoms with van der Waals surface area (Å²) in [4.78, 5) is 0. The predicted octanol–water partition coefficient (Wildman–Crippen LogP) is 6.18. The van der Waals surface area contributed by atoms with Gasteiger partial charge in [0, 0.05) is 14.9 Å². The maximum atomic E-state index is 8.91. The van der Waals surface area contributed by atoms with Crippen molar-refractivity contribution in [2.24, 2.45) is 7.05 Å². The van der Waals surface area contributed by atoms with Crippen LogP contribution < -0.4 is 9.30 Å². The highest BCUT2D eigenvalue weighted by molar-refractivity contribution is 5.75. The van der Waals surface area contributed by atoms with Crippen LogP contribution in [-0.4, -0.2) is 5.60 Å². The summed E-state index contributed by atoms with van der Waals surface area (Å²) in [5.74, 6) is 0.749. The summed E-state index contributed by atoms with van der Waals surface area (Å²) >= 11 is 0. The van der Waals surface area contributed by atoms with E-state index in [0.717, 1.165) is 53.8 Å². The van der Waals surface area contributed by atoms with E-state index in [1.54, 1.807) is 0 Å². The maximum absolute atomic E-state index is 8.91. The van der Waals surface area contributed by atoms with Crippen molar-refractivity contribution in [3.05, 3.63) is 71.9 Å². The molecule has 0 amide bonds. The lowest BCUT2D eigenvalue weighted by Gasteiger charge is -2.42. The van der Waals surface area contributed by atoms with Crippen LogP contribution in [0.2, 0.25) is 0 Å². The van der Waals surface area contributed by atoms with Crippen LogP contribution in [0.25, 0.3) is 22.4 Å². The molecule has 0 unspecified atom stereocenters. The average molecular weight is 387 g/mol. The Hall–Kier alpha value is -2.61. The summed E-state index contributed by atoms with van der Waals surface area (Å²) in [5.41, 5.74) is 5.82. The molecule has 0 atom stereocenters. The Morgan fingerprint density at radius 3 is 2.52 bits per heavy atom. The van der Waals surface area contributed by atoms with Gasteiger partial charge in [-0.3, -0.25) is 0 Å². The van der Waals surface area contributed by atoms with E-state index >= 15 is 0 Å². The van der Waals surface area contributed by atoms with Gasteiger partial charge in [0.15, 0.2) is 6.20 Å². The Balaban J connectivity index is 1.70. The highest BCUT2D eigenvalue weighted by Crippen LogP contribution is 2.46. The van der Waals surface area contributed by atoms with Crippen LogP contribution in [-0.2, 0) is 13.4 Å². The second-order valence-electron chi connectivity index (χ2n) is 8.61. The topological polar surface area (TPSA) is 13.1 Å². The minimum absolute atomic E-state index is 0.382. The Morgan fingerprint density at radius 1 is 0.931 bits per heavy atom. The van der Waals surface area contributed by atoms with Gasteiger partial charge >= 0.3 is 0 Å². The van der Waals surface area contributed by atoms with Crippen molar-refractivity contribution in [3.63, 3.8) is 0 Å². The molecule has 2 aliphatic rings. The summed E-state index contributed by atoms with van der Waals surface area (Å²) in [6.07, 6.45) is 6.48. The van der Waals surface area contributed by atoms with Crippen molar-refractivity contribution in [3.8, 4) is 28.1 Å². The van der Waals surface area contributed by atoms with E-state index in [2.05, 4.69) is 61.1 Å². The number of ether oxygens (including phenoxy) is 1. The van der Waals surface area contributed by atoms with Crippen LogP contribution in [0.1, 0.15) is 52.4 Å². The predicted molar refractivity (Wildman–Crippen MR) is 118 cm³/mol. The number of nitrogens with zero attached hydrogens (tertiary/aromatic N) is 1. The standard InChI is InChI=1S/C27H30NO/c1-20-11-12-22-13-17-27(15-7-4-8-16-27)29-26(22)25(20)24-19-23(14-18-28(24)2)21-9-5-3-6-10-21/h3,5-6,9-12,14,18-19H,4,7-8,13,15-17H2,1-2H3/q+1/i13D2. The number of hydrogen-bond donors (Lipinski definition) is 0. The van der Waals surface area contributed by atoms with Crippen LogP contribution in [0.5, 0.6) is 5.75 Å². The van der Waals surface area contributed by atoms with E-state index < -0.39 is 6.37 Å². The molecule has 2 nitrogen and oxygen atoms in total. The van der Waals surface area contributed by atoms with Gasteiger partial charge in [-0.15, -0.1) is 0 Å². The molecule has 1 fully saturated rings. The lowest BCUT2D eigenvalue weighted by Crippen LogP contribution is -2.42. The molecule has 3 aromatic rings. The van der Waals surface area contributed by atoms with Gasteiger partial charge in [0.05, 0.1) is 5.56 Å². The summed E-state index contributed by atoms with van der Waals surface area (Å²) in [6.45, 7) is 2.10. The van der Waals surface area contributed by atoms with Crippen LogP contribution in [0, 0.1) is 6.92 Å². The molecule has 0 bridgehead atoms. The van der Waals surface area contributed by atoms with Crippen molar-refractivity contribution < 1.29 is 12.0 Å². The fraction of sp³-hybridized carbons (Fsp3) is 0.370. The second-order valence-corrected chi connectivity index (χ2v) is 8.61. The van der Waals surface area contributed by atoms with Crippen LogP contribution in [0.15, 0.2) is 60.8 Å². The summed E-state index contributed by atoms with van der Waals surface area (Å²) < 4.78 is 26.7. The van der Waals surface area contributed by atoms with Crippen molar-refractivity contribution in [1.29, 1.82) is 0 Å². The van der Waals surface area contributed by atoms with Crippen molar-refractivity contribution >= 4 is 0 Å². The lowest BCUT2D eigenvalue weighted by atomic mass is 9.78. The molecule has 1 aliphatic carbocycles. The van der Waals surface area contributed by atoms with E-state index in [4.69, 9.17) is 7.48 Å². The molecule has 2 heteroatoms. The number of aryl methyl sites for hydroxylation is 3. The largest absolute Gasteiger partial charge is 0.486 e. The zero-order valence-electron chi connectivity index (χ0n) is 19.4. The Labute approximate surface area is 177 Å². The monoisotopic (exact) mass is 386 g/mol. The van der Waals surface area contributed by atoms with Gasteiger partial charge in [-0.1, -0.05) is 48.9 Å². The maximum Gasteiger partial charge on any atom is 0.216 e. The van der Waals surface area contributed by atoms with Crippen LogP contribution in [0.3, 0.4) is 0 Å². The first-order valence-electron chi connectivity index (χ1n) is 11.8. The van der Waals surface area contributed by atoms with Gasteiger partial charge in [-0.25, -0.2) is 4.57 Å². The summed E-state index contributed by atoms with van der Waals surface area (Å²) in [5, 5.41) is 0. The summed E-state index contributed by atoms with van der Waals surface area (Å²) in [7, 11) is 2.05. The highest BCUT2D eigenvalue weighted by Gasteiger charge is 2.39. The number of rotatable bonds is 2. The van der Waals surface area contributed by atoms with E-state index in [9.17, 15) is 0 Å². The molecule has 0 saturated heterocycles. The smallest absolute Gasteiger partial charge is 0.216 e. The first-order chi connectivity index (χ1) is 14.9. The lowest BCUT2D eigenvalue weighted by molar-refractivity contribution is -0.660. The zero-order valence-corrected chi connectivity index (χ0v) is 17.4. The number of fused-ring (bicyclic) bond motifs is 1. The van der Waals surface area contributed by atoms with E-state index in [1.165, 1.54) is 12.0 Å². The molecule has 2 aromatic carbocycles. The molecule has 29 heavy (non-hydrogen) atoms. The minimum Gasteiger partial charge on any atom is -0.486 e. The van der Waals surface area contributed by atoms with Gasteiger partial charge in [0.2, 0.25) is 5.69 Å². The minimum atomic E-state index is -1.39. The SMILES string of the molecule is [2H]C1([2H])CC2(CCCCC2)Oc2c1ccc(C)c2-c1cc(-c2ccccc2)cc[n+]1C. The van der Waals surface area contributed by atoms with Crippen LogP contribution >= 0.6 is 0 Å². The molecular weight excluding hydrogens is 354 g/mol. The third kappa shape index (κ3) is 3.35. The van der Waals surface area contributed by atoms with Gasteiger partial charge in [-0.2, -0.15) is 0 Å². The van der Waals surface area contributed by atoms with E-state index in [-0.39, 0.29) is 5.60 Å². The Morgan fingerprint density at radius 2 is 1.72 bits per heavy atom. The van der Waals surface area contributed by atoms with E-state index in [0.29, 0.717) is 12.0 Å². The number of aromatic nitrogens is 1. The first-order valence-corrected chi connectivity index (χ1v) is 10.8. The molecule has 5 rings (SSSR count). The van der Waals surface area contributed by atoms with Crippen molar-refractivity contribution in [1.82, 2.24) is 0 Å². The van der Waals surface area contributed by atoms with Crippen molar-refractivity contribution in [2.45, 2.75) is 57.4 Å². The Bertz CT molecular complexity index is 1120. The van der Waals surface area contributed by atoms with Gasteiger partial charge in [0.25, 0.3) is 0 Å². The quantitative estimate of drug-likeness (QED) is 0.479. The van der Waals surface area contributed by atoms with E-state index in [1.807, 2.05) is 18.2 Å². The molecular formula is C27H30NO+. The normalized spacial score (nSPS) is 20.3. The molecule has 0 radical (unpaired) electrons. The number of hydrogen-bond acceptors (Lipinski definition) is 1. The molecule has 1 aliphatic heterocycles. The van der Waals surface area contributed by atoms with Crippen LogP contribution in [0.4, 0.5) is 0 Å². The second kappa shape index (κ2) is 7.33. The fourth-order valence-corrected chi connectivity index (χ4v) is 4.86. The van der Waals surface area contributed by atoms with Gasteiger partial charge < -0.3 is 4.74 Å². The zero-order chi connectivity index (χ0) is 21.6. The molecule has 2 heterocycles. The van der Waals surface area contributed by atoms with Gasteiger partial charge in [0.1, 0.15) is 18.4 Å². The molecule has 148 valence electrons. The molecule has 1 saturated carbocycles. The number of benzene rings is 2. The third-order valence-electron chi connectivity index (χ3n) is 6.56. The fourth-order valence-electron chi connectivity index (χ4n) is 4.86. The number of pyridine rings is 1. The Kier molecular flexibility index (Phi) is 4.10. The molecule has 1 aromatic heterocycles. The highest BCUT2D eigenvalue weighted by atomic mass is 16.5. The summed E-state index contributed by atoms with van der Waals surface area (Å²) in [6, 6.07) is 18.7. The average Bonchev–Trinajstić information content (AvgIpc) is 2.75. The third-order valence-corrected chi connectivity index (χ3v) is 6.56. The molecule has 1 spiro atoms. The van der Waals surface area contributed by atoms with Crippen molar-refractivity contribution in [2.75, 3.05) is 0 Å². The van der Waals surface area contributed by atoms with Gasteiger partial charge in [-0.05, 0) is 67.7 Å².